The van der Waals surface area contributed by atoms with Crippen LogP contribution in [0.2, 0.25) is 0 Å². The van der Waals surface area contributed by atoms with Gasteiger partial charge in [-0.25, -0.2) is 0 Å². The number of hydrogen-bond acceptors (Lipinski definition) is 4. The number of nitrogens with zero attached hydrogens (tertiary/aromatic N) is 3. The maximum atomic E-state index is 11.0. The Morgan fingerprint density at radius 3 is 2.43 bits per heavy atom. The van der Waals surface area contributed by atoms with Gasteiger partial charge in [-0.1, -0.05) is 12.1 Å². The van der Waals surface area contributed by atoms with Crippen LogP contribution in [0.1, 0.15) is 31.0 Å². The molecular weight excluding hydrogens is 266 g/mol. The second-order valence-corrected chi connectivity index (χ2v) is 5.50. The third kappa shape index (κ3) is 3.60. The van der Waals surface area contributed by atoms with Crippen molar-refractivity contribution < 1.29 is 9.90 Å². The van der Waals surface area contributed by atoms with Gasteiger partial charge >= 0.3 is 5.97 Å². The van der Waals surface area contributed by atoms with E-state index in [1.165, 1.54) is 0 Å². The first-order valence-corrected chi connectivity index (χ1v) is 7.24. The van der Waals surface area contributed by atoms with Gasteiger partial charge in [0.05, 0.1) is 11.6 Å². The highest BCUT2D eigenvalue weighted by Crippen LogP contribution is 2.22. The highest BCUT2D eigenvalue weighted by atomic mass is 16.4. The van der Waals surface area contributed by atoms with Gasteiger partial charge in [-0.3, -0.25) is 14.6 Å². The number of benzene rings is 1. The van der Waals surface area contributed by atoms with E-state index in [0.717, 1.165) is 31.7 Å². The Bertz CT molecular complexity index is 545. The average Bonchev–Trinajstić information content (AvgIpc) is 2.53. The molecule has 0 bridgehead atoms. The van der Waals surface area contributed by atoms with Crippen LogP contribution < -0.4 is 0 Å². The largest absolute Gasteiger partial charge is 0.480 e. The Morgan fingerprint density at radius 1 is 1.24 bits per heavy atom. The van der Waals surface area contributed by atoms with Gasteiger partial charge in [0.15, 0.2) is 0 Å². The lowest BCUT2D eigenvalue weighted by atomic mass is 10.0. The molecule has 112 valence electrons. The van der Waals surface area contributed by atoms with Crippen LogP contribution in [-0.4, -0.2) is 53.1 Å². The first-order valence-electron chi connectivity index (χ1n) is 7.24. The molecular formula is C16H21N3O2. The van der Waals surface area contributed by atoms with Gasteiger partial charge in [0.25, 0.3) is 0 Å². The van der Waals surface area contributed by atoms with E-state index in [1.54, 1.807) is 6.92 Å². The standard InChI is InChI=1S/C16H21N3O2/c1-12(15-5-3-4-14(10-15)11-17)18-6-8-19(9-7-18)13(2)16(20)21/h3-5,10,12-13H,6-9H2,1-2H3,(H,20,21). The molecule has 0 aliphatic carbocycles. The molecule has 2 rings (SSSR count). The monoisotopic (exact) mass is 287 g/mol. The number of carboxylic acid groups (broad SMARTS) is 1. The fourth-order valence-corrected chi connectivity index (χ4v) is 2.75. The minimum absolute atomic E-state index is 0.237. The Balaban J connectivity index is 1.98. The summed E-state index contributed by atoms with van der Waals surface area (Å²) in [5, 5.41) is 18.0. The lowest BCUT2D eigenvalue weighted by Gasteiger charge is -2.39. The summed E-state index contributed by atoms with van der Waals surface area (Å²) in [7, 11) is 0. The van der Waals surface area contributed by atoms with Gasteiger partial charge in [0.2, 0.25) is 0 Å². The van der Waals surface area contributed by atoms with E-state index in [4.69, 9.17) is 10.4 Å². The molecule has 1 saturated heterocycles. The van der Waals surface area contributed by atoms with Gasteiger partial charge in [-0.05, 0) is 31.5 Å². The Labute approximate surface area is 125 Å². The summed E-state index contributed by atoms with van der Waals surface area (Å²) in [6.45, 7) is 7.07. The maximum Gasteiger partial charge on any atom is 0.320 e. The molecule has 0 radical (unpaired) electrons. The van der Waals surface area contributed by atoms with Crippen LogP contribution in [0, 0.1) is 11.3 Å². The summed E-state index contributed by atoms with van der Waals surface area (Å²) in [4.78, 5) is 15.4. The molecule has 1 fully saturated rings. The number of rotatable bonds is 4. The number of carbonyl (C=O) groups is 1. The molecule has 1 aromatic carbocycles. The van der Waals surface area contributed by atoms with Crippen molar-refractivity contribution in [2.75, 3.05) is 26.2 Å². The Hall–Kier alpha value is -1.90. The van der Waals surface area contributed by atoms with Crippen LogP contribution in [0.4, 0.5) is 0 Å². The fourth-order valence-electron chi connectivity index (χ4n) is 2.75. The Kier molecular flexibility index (Phi) is 4.94. The molecule has 2 unspecified atom stereocenters. The zero-order chi connectivity index (χ0) is 15.4. The van der Waals surface area contributed by atoms with E-state index in [1.807, 2.05) is 29.2 Å². The Morgan fingerprint density at radius 2 is 1.86 bits per heavy atom. The molecule has 0 saturated carbocycles. The minimum atomic E-state index is -0.766. The minimum Gasteiger partial charge on any atom is -0.480 e. The van der Waals surface area contributed by atoms with E-state index >= 15 is 0 Å². The smallest absolute Gasteiger partial charge is 0.320 e. The molecule has 1 aliphatic heterocycles. The van der Waals surface area contributed by atoms with Gasteiger partial charge in [0.1, 0.15) is 6.04 Å². The predicted octanol–water partition coefficient (Wildman–Crippen LogP) is 1.71. The van der Waals surface area contributed by atoms with Crippen LogP contribution in [0.25, 0.3) is 0 Å². The third-order valence-electron chi connectivity index (χ3n) is 4.30. The third-order valence-corrected chi connectivity index (χ3v) is 4.30. The lowest BCUT2D eigenvalue weighted by Crippen LogP contribution is -2.52. The number of piperazine rings is 1. The quantitative estimate of drug-likeness (QED) is 0.913. The average molecular weight is 287 g/mol. The van der Waals surface area contributed by atoms with Gasteiger partial charge in [-0.15, -0.1) is 0 Å². The molecule has 1 heterocycles. The normalized spacial score (nSPS) is 19.7. The number of nitriles is 1. The van der Waals surface area contributed by atoms with Gasteiger partial charge in [0, 0.05) is 32.2 Å². The second-order valence-electron chi connectivity index (χ2n) is 5.50. The number of carboxylic acids is 1. The van der Waals surface area contributed by atoms with Crippen molar-refractivity contribution >= 4 is 5.97 Å². The zero-order valence-corrected chi connectivity index (χ0v) is 12.5. The fraction of sp³-hybridized carbons (Fsp3) is 0.500. The molecule has 5 heteroatoms. The van der Waals surface area contributed by atoms with Crippen LogP contribution in [0.15, 0.2) is 24.3 Å². The highest BCUT2D eigenvalue weighted by molar-refractivity contribution is 5.72. The first kappa shape index (κ1) is 15.5. The van der Waals surface area contributed by atoms with E-state index in [9.17, 15) is 4.79 Å². The van der Waals surface area contributed by atoms with Gasteiger partial charge < -0.3 is 5.11 Å². The van der Waals surface area contributed by atoms with Crippen LogP contribution in [0.3, 0.4) is 0 Å². The van der Waals surface area contributed by atoms with Crippen molar-refractivity contribution in [1.29, 1.82) is 5.26 Å². The molecule has 21 heavy (non-hydrogen) atoms. The van der Waals surface area contributed by atoms with Crippen molar-refractivity contribution in [2.45, 2.75) is 25.9 Å². The highest BCUT2D eigenvalue weighted by Gasteiger charge is 2.27. The van der Waals surface area contributed by atoms with Crippen molar-refractivity contribution in [3.05, 3.63) is 35.4 Å². The number of aliphatic carboxylic acids is 1. The SMILES string of the molecule is CC(C(=O)O)N1CCN(C(C)c2cccc(C#N)c2)CC1. The van der Waals surface area contributed by atoms with Crippen LogP contribution in [0.5, 0.6) is 0 Å². The summed E-state index contributed by atoms with van der Waals surface area (Å²) in [6.07, 6.45) is 0. The van der Waals surface area contributed by atoms with Crippen molar-refractivity contribution in [1.82, 2.24) is 9.80 Å². The summed E-state index contributed by atoms with van der Waals surface area (Å²) >= 11 is 0. The second kappa shape index (κ2) is 6.70. The zero-order valence-electron chi connectivity index (χ0n) is 12.5. The summed E-state index contributed by atoms with van der Waals surface area (Å²) in [6, 6.07) is 9.66. The molecule has 1 N–H and O–H groups in total. The summed E-state index contributed by atoms with van der Waals surface area (Å²) < 4.78 is 0. The van der Waals surface area contributed by atoms with Crippen molar-refractivity contribution in [3.63, 3.8) is 0 Å². The van der Waals surface area contributed by atoms with E-state index in [0.29, 0.717) is 5.56 Å². The predicted molar refractivity (Wildman–Crippen MR) is 79.8 cm³/mol. The van der Waals surface area contributed by atoms with Gasteiger partial charge in [-0.2, -0.15) is 5.26 Å². The molecule has 5 nitrogen and oxygen atoms in total. The van der Waals surface area contributed by atoms with E-state index < -0.39 is 12.0 Å². The van der Waals surface area contributed by atoms with E-state index in [-0.39, 0.29) is 6.04 Å². The first-order chi connectivity index (χ1) is 10.0. The summed E-state index contributed by atoms with van der Waals surface area (Å²) in [5.41, 5.74) is 1.81. The van der Waals surface area contributed by atoms with E-state index in [2.05, 4.69) is 17.9 Å². The van der Waals surface area contributed by atoms with Crippen LogP contribution >= 0.6 is 0 Å². The van der Waals surface area contributed by atoms with Crippen molar-refractivity contribution in [3.8, 4) is 6.07 Å². The summed E-state index contributed by atoms with van der Waals surface area (Å²) in [5.74, 6) is -0.766. The molecule has 0 aromatic heterocycles. The maximum absolute atomic E-state index is 11.0. The molecule has 1 aromatic rings. The molecule has 2 atom stereocenters. The number of hydrogen-bond donors (Lipinski definition) is 1. The lowest BCUT2D eigenvalue weighted by molar-refractivity contribution is -0.143. The van der Waals surface area contributed by atoms with Crippen LogP contribution in [-0.2, 0) is 4.79 Å². The molecule has 0 amide bonds. The molecule has 1 aliphatic rings. The molecule has 0 spiro atoms. The van der Waals surface area contributed by atoms with Crippen molar-refractivity contribution in [2.24, 2.45) is 0 Å². The topological polar surface area (TPSA) is 67.6 Å².